The Bertz CT molecular complexity index is 570. The van der Waals surface area contributed by atoms with Crippen molar-refractivity contribution in [3.63, 3.8) is 0 Å². The molecule has 16 heavy (non-hydrogen) atoms. The summed E-state index contributed by atoms with van der Waals surface area (Å²) in [7, 11) is 0. The van der Waals surface area contributed by atoms with Crippen molar-refractivity contribution in [1.29, 1.82) is 0 Å². The number of hydrogen-bond donors (Lipinski definition) is 3. The molecule has 0 saturated carbocycles. The summed E-state index contributed by atoms with van der Waals surface area (Å²) in [6.07, 6.45) is -0.0721. The first-order chi connectivity index (χ1) is 7.56. The molecule has 0 saturated heterocycles. The number of H-pyrrole nitrogens is 1. The molecule has 0 unspecified atom stereocenters. The molecule has 2 aromatic rings. The van der Waals surface area contributed by atoms with Crippen LogP contribution in [0.15, 0.2) is 24.3 Å². The predicted molar refractivity (Wildman–Crippen MR) is 56.6 cm³/mol. The van der Waals surface area contributed by atoms with Gasteiger partial charge in [0.15, 0.2) is 0 Å². The van der Waals surface area contributed by atoms with Crippen LogP contribution in [0.1, 0.15) is 16.1 Å². The van der Waals surface area contributed by atoms with Crippen LogP contribution in [0, 0.1) is 0 Å². The van der Waals surface area contributed by atoms with Gasteiger partial charge in [0, 0.05) is 10.9 Å². The Balaban J connectivity index is 2.45. The Labute approximate surface area is 90.3 Å². The fraction of sp³-hybridized carbons (Fsp3) is 0.0909. The third-order valence-corrected chi connectivity index (χ3v) is 2.27. The van der Waals surface area contributed by atoms with Crippen molar-refractivity contribution in [2.45, 2.75) is 6.42 Å². The van der Waals surface area contributed by atoms with Crippen LogP contribution in [-0.4, -0.2) is 27.1 Å². The van der Waals surface area contributed by atoms with Gasteiger partial charge >= 0.3 is 11.9 Å². The van der Waals surface area contributed by atoms with Crippen LogP contribution in [0.4, 0.5) is 0 Å². The summed E-state index contributed by atoms with van der Waals surface area (Å²) in [4.78, 5) is 23.9. The lowest BCUT2D eigenvalue weighted by Gasteiger charge is -1.96. The molecule has 0 aliphatic carbocycles. The summed E-state index contributed by atoms with van der Waals surface area (Å²) >= 11 is 0. The van der Waals surface area contributed by atoms with Crippen molar-refractivity contribution < 1.29 is 19.8 Å². The Morgan fingerprint density at radius 3 is 2.56 bits per heavy atom. The smallest absolute Gasteiger partial charge is 0.352 e. The van der Waals surface area contributed by atoms with Crippen LogP contribution in [0.5, 0.6) is 0 Å². The van der Waals surface area contributed by atoms with E-state index in [-0.39, 0.29) is 12.1 Å². The second-order valence-electron chi connectivity index (χ2n) is 3.48. The van der Waals surface area contributed by atoms with Gasteiger partial charge in [-0.1, -0.05) is 12.1 Å². The normalized spacial score (nSPS) is 10.5. The number of rotatable bonds is 3. The Hall–Kier alpha value is -2.30. The van der Waals surface area contributed by atoms with Gasteiger partial charge < -0.3 is 15.2 Å². The van der Waals surface area contributed by atoms with Crippen molar-refractivity contribution in [1.82, 2.24) is 4.98 Å². The molecule has 0 aliphatic rings. The summed E-state index contributed by atoms with van der Waals surface area (Å²) in [5, 5.41) is 18.2. The van der Waals surface area contributed by atoms with Gasteiger partial charge in [-0.25, -0.2) is 4.79 Å². The maximum Gasteiger partial charge on any atom is 0.352 e. The topological polar surface area (TPSA) is 90.4 Å². The first-order valence-corrected chi connectivity index (χ1v) is 4.63. The van der Waals surface area contributed by atoms with Crippen LogP contribution in [0.2, 0.25) is 0 Å². The molecule has 82 valence electrons. The van der Waals surface area contributed by atoms with E-state index in [1.807, 2.05) is 0 Å². The second-order valence-corrected chi connectivity index (χ2v) is 3.48. The molecule has 0 atom stereocenters. The number of carboxylic acids is 2. The number of nitrogens with one attached hydrogen (secondary N) is 1. The van der Waals surface area contributed by atoms with Crippen molar-refractivity contribution in [3.8, 4) is 0 Å². The fourth-order valence-corrected chi connectivity index (χ4v) is 1.57. The zero-order valence-corrected chi connectivity index (χ0v) is 8.23. The number of carbonyl (C=O) groups is 2. The zero-order valence-electron chi connectivity index (χ0n) is 8.23. The average molecular weight is 219 g/mol. The van der Waals surface area contributed by atoms with E-state index in [0.29, 0.717) is 11.1 Å². The SMILES string of the molecule is O=C(O)Cc1ccc2cc(C(=O)O)[nH]c2c1. The van der Waals surface area contributed by atoms with Crippen molar-refractivity contribution in [2.75, 3.05) is 0 Å². The quantitative estimate of drug-likeness (QED) is 0.729. The summed E-state index contributed by atoms with van der Waals surface area (Å²) in [5.74, 6) is -1.94. The van der Waals surface area contributed by atoms with Crippen LogP contribution in [0.3, 0.4) is 0 Å². The first-order valence-electron chi connectivity index (χ1n) is 4.63. The number of aromatic amines is 1. The summed E-state index contributed by atoms with van der Waals surface area (Å²) < 4.78 is 0. The van der Waals surface area contributed by atoms with E-state index >= 15 is 0 Å². The minimum Gasteiger partial charge on any atom is -0.481 e. The van der Waals surface area contributed by atoms with E-state index in [0.717, 1.165) is 5.39 Å². The van der Waals surface area contributed by atoms with Crippen LogP contribution in [-0.2, 0) is 11.2 Å². The number of aromatic nitrogens is 1. The van der Waals surface area contributed by atoms with Gasteiger partial charge in [-0.05, 0) is 17.7 Å². The number of hydrogen-bond acceptors (Lipinski definition) is 2. The molecule has 2 rings (SSSR count). The van der Waals surface area contributed by atoms with E-state index in [9.17, 15) is 9.59 Å². The number of aromatic carboxylic acids is 1. The van der Waals surface area contributed by atoms with Gasteiger partial charge in [0.25, 0.3) is 0 Å². The predicted octanol–water partition coefficient (Wildman–Crippen LogP) is 1.49. The molecule has 0 spiro atoms. The van der Waals surface area contributed by atoms with Gasteiger partial charge in [0.1, 0.15) is 5.69 Å². The second kappa shape index (κ2) is 3.69. The van der Waals surface area contributed by atoms with Gasteiger partial charge in [-0.15, -0.1) is 0 Å². The number of benzene rings is 1. The monoisotopic (exact) mass is 219 g/mol. The summed E-state index contributed by atoms with van der Waals surface area (Å²) in [5.41, 5.74) is 1.37. The van der Waals surface area contributed by atoms with Gasteiger partial charge in [0.05, 0.1) is 6.42 Å². The highest BCUT2D eigenvalue weighted by Crippen LogP contribution is 2.17. The molecule has 0 radical (unpaired) electrons. The summed E-state index contributed by atoms with van der Waals surface area (Å²) in [6.45, 7) is 0. The van der Waals surface area contributed by atoms with Crippen molar-refractivity contribution in [3.05, 3.63) is 35.5 Å². The lowest BCUT2D eigenvalue weighted by atomic mass is 10.1. The van der Waals surface area contributed by atoms with Gasteiger partial charge in [0.2, 0.25) is 0 Å². The molecule has 1 heterocycles. The zero-order chi connectivity index (χ0) is 11.7. The lowest BCUT2D eigenvalue weighted by Crippen LogP contribution is -1.99. The molecule has 0 amide bonds. The first kappa shape index (κ1) is 10.2. The van der Waals surface area contributed by atoms with E-state index in [2.05, 4.69) is 4.98 Å². The van der Waals surface area contributed by atoms with E-state index in [1.165, 1.54) is 6.07 Å². The molecule has 0 bridgehead atoms. The van der Waals surface area contributed by atoms with Crippen molar-refractivity contribution in [2.24, 2.45) is 0 Å². The highest BCUT2D eigenvalue weighted by atomic mass is 16.4. The van der Waals surface area contributed by atoms with Gasteiger partial charge in [-0.2, -0.15) is 0 Å². The lowest BCUT2D eigenvalue weighted by molar-refractivity contribution is -0.136. The molecule has 1 aromatic carbocycles. The number of aliphatic carboxylic acids is 1. The van der Waals surface area contributed by atoms with Crippen LogP contribution in [0.25, 0.3) is 10.9 Å². The van der Waals surface area contributed by atoms with Gasteiger partial charge in [-0.3, -0.25) is 4.79 Å². The van der Waals surface area contributed by atoms with Crippen LogP contribution < -0.4 is 0 Å². The number of carboxylic acid groups (broad SMARTS) is 2. The minimum atomic E-state index is -1.03. The Morgan fingerprint density at radius 1 is 1.19 bits per heavy atom. The summed E-state index contributed by atoms with van der Waals surface area (Å²) in [6, 6.07) is 6.55. The molecular weight excluding hydrogens is 210 g/mol. The highest BCUT2D eigenvalue weighted by molar-refractivity contribution is 5.94. The highest BCUT2D eigenvalue weighted by Gasteiger charge is 2.08. The Morgan fingerprint density at radius 2 is 1.94 bits per heavy atom. The third kappa shape index (κ3) is 1.88. The molecule has 3 N–H and O–H groups in total. The molecule has 5 heteroatoms. The third-order valence-electron chi connectivity index (χ3n) is 2.27. The molecular formula is C11H9NO4. The standard InChI is InChI=1S/C11H9NO4/c13-10(14)4-6-1-2-7-5-9(11(15)16)12-8(7)3-6/h1-3,5,12H,4H2,(H,13,14)(H,15,16). The maximum atomic E-state index is 10.7. The van der Waals surface area contributed by atoms with E-state index in [4.69, 9.17) is 10.2 Å². The number of fused-ring (bicyclic) bond motifs is 1. The molecule has 0 aliphatic heterocycles. The Kier molecular flexibility index (Phi) is 2.36. The minimum absolute atomic E-state index is 0.0721. The molecule has 0 fully saturated rings. The molecule has 1 aromatic heterocycles. The maximum absolute atomic E-state index is 10.7. The van der Waals surface area contributed by atoms with E-state index < -0.39 is 11.9 Å². The van der Waals surface area contributed by atoms with E-state index in [1.54, 1.807) is 18.2 Å². The molecule has 5 nitrogen and oxygen atoms in total. The average Bonchev–Trinajstić information content (AvgIpc) is 2.59. The largest absolute Gasteiger partial charge is 0.481 e. The van der Waals surface area contributed by atoms with Crippen molar-refractivity contribution >= 4 is 22.8 Å². The van der Waals surface area contributed by atoms with Crippen LogP contribution >= 0.6 is 0 Å². The fourth-order valence-electron chi connectivity index (χ4n) is 1.57.